The minimum atomic E-state index is -0.390. The predicted octanol–water partition coefficient (Wildman–Crippen LogP) is 1.90. The van der Waals surface area contributed by atoms with Gasteiger partial charge in [-0.25, -0.2) is 4.79 Å². The molecular formula is C10H6BrN5OS. The number of H-pyrrole nitrogens is 2. The average molecular weight is 324 g/mol. The van der Waals surface area contributed by atoms with Gasteiger partial charge in [0, 0.05) is 10.0 Å². The van der Waals surface area contributed by atoms with Crippen LogP contribution in [0.4, 0.5) is 0 Å². The summed E-state index contributed by atoms with van der Waals surface area (Å²) in [5.41, 5.74) is 0.457. The molecule has 1 aromatic carbocycles. The molecule has 2 N–H and O–H groups in total. The zero-order valence-electron chi connectivity index (χ0n) is 8.85. The molecule has 0 aliphatic carbocycles. The highest BCUT2D eigenvalue weighted by Gasteiger charge is 2.07. The molecule has 0 radical (unpaired) electrons. The number of benzene rings is 1. The first-order valence-corrected chi connectivity index (χ1v) is 6.19. The SMILES string of the molecule is O=c1[nH]c(=S)nc2nc(-c3cccc(Br)c3)[nH]n12. The molecule has 0 unspecified atom stereocenters. The molecule has 3 aromatic rings. The number of halogens is 1. The van der Waals surface area contributed by atoms with Gasteiger partial charge in [-0.1, -0.05) is 28.1 Å². The topological polar surface area (TPSA) is 78.8 Å². The molecule has 0 atom stereocenters. The van der Waals surface area contributed by atoms with Gasteiger partial charge in [0.05, 0.1) is 0 Å². The smallest absolute Gasteiger partial charge is 0.281 e. The van der Waals surface area contributed by atoms with E-state index >= 15 is 0 Å². The number of aromatic amines is 2. The van der Waals surface area contributed by atoms with Crippen molar-refractivity contribution in [2.75, 3.05) is 0 Å². The maximum Gasteiger partial charge on any atom is 0.349 e. The molecule has 0 saturated heterocycles. The van der Waals surface area contributed by atoms with E-state index in [9.17, 15) is 4.79 Å². The van der Waals surface area contributed by atoms with Gasteiger partial charge < -0.3 is 0 Å². The van der Waals surface area contributed by atoms with Crippen molar-refractivity contribution in [2.45, 2.75) is 0 Å². The second kappa shape index (κ2) is 4.14. The van der Waals surface area contributed by atoms with Gasteiger partial charge in [0.1, 0.15) is 0 Å². The first-order chi connectivity index (χ1) is 8.63. The number of aromatic nitrogens is 5. The molecule has 6 nitrogen and oxygen atoms in total. The first kappa shape index (κ1) is 11.3. The number of nitrogens with zero attached hydrogens (tertiary/aromatic N) is 3. The predicted molar refractivity (Wildman–Crippen MR) is 71.9 cm³/mol. The third-order valence-corrected chi connectivity index (χ3v) is 3.03. The van der Waals surface area contributed by atoms with Gasteiger partial charge in [-0.05, 0) is 24.4 Å². The molecule has 18 heavy (non-hydrogen) atoms. The van der Waals surface area contributed by atoms with Crippen molar-refractivity contribution in [1.29, 1.82) is 0 Å². The number of hydrogen-bond donors (Lipinski definition) is 2. The highest BCUT2D eigenvalue weighted by molar-refractivity contribution is 9.10. The molecular weight excluding hydrogens is 318 g/mol. The highest BCUT2D eigenvalue weighted by atomic mass is 79.9. The summed E-state index contributed by atoms with van der Waals surface area (Å²) in [5, 5.41) is 2.87. The van der Waals surface area contributed by atoms with E-state index in [2.05, 4.69) is 36.0 Å². The third-order valence-electron chi connectivity index (χ3n) is 2.35. The van der Waals surface area contributed by atoms with Crippen molar-refractivity contribution in [1.82, 2.24) is 24.6 Å². The average Bonchev–Trinajstić information content (AvgIpc) is 2.73. The van der Waals surface area contributed by atoms with Crippen molar-refractivity contribution >= 4 is 33.9 Å². The molecule has 90 valence electrons. The Morgan fingerprint density at radius 1 is 1.33 bits per heavy atom. The van der Waals surface area contributed by atoms with Gasteiger partial charge in [0.15, 0.2) is 5.82 Å². The van der Waals surface area contributed by atoms with E-state index in [0.717, 1.165) is 10.0 Å². The van der Waals surface area contributed by atoms with Crippen LogP contribution >= 0.6 is 28.1 Å². The minimum absolute atomic E-state index is 0.118. The lowest BCUT2D eigenvalue weighted by molar-refractivity contribution is 0.834. The van der Waals surface area contributed by atoms with Crippen LogP contribution < -0.4 is 5.69 Å². The quantitative estimate of drug-likeness (QED) is 0.670. The largest absolute Gasteiger partial charge is 0.349 e. The molecule has 0 fully saturated rings. The molecule has 0 spiro atoms. The van der Waals surface area contributed by atoms with Crippen LogP contribution in [0.25, 0.3) is 17.2 Å². The van der Waals surface area contributed by atoms with Crippen LogP contribution in [0, 0.1) is 4.77 Å². The molecule has 2 heterocycles. The first-order valence-electron chi connectivity index (χ1n) is 4.98. The van der Waals surface area contributed by atoms with E-state index in [1.807, 2.05) is 24.3 Å². The normalized spacial score (nSPS) is 10.9. The van der Waals surface area contributed by atoms with Crippen molar-refractivity contribution in [2.24, 2.45) is 0 Å². The van der Waals surface area contributed by atoms with Crippen molar-refractivity contribution < 1.29 is 0 Å². The zero-order valence-corrected chi connectivity index (χ0v) is 11.2. The number of nitrogens with one attached hydrogen (secondary N) is 2. The van der Waals surface area contributed by atoms with E-state index in [0.29, 0.717) is 5.82 Å². The summed E-state index contributed by atoms with van der Waals surface area (Å²) in [7, 11) is 0. The van der Waals surface area contributed by atoms with E-state index < -0.39 is 5.69 Å². The number of rotatable bonds is 1. The molecule has 0 saturated carbocycles. The second-order valence-electron chi connectivity index (χ2n) is 3.57. The van der Waals surface area contributed by atoms with Crippen LogP contribution in [-0.2, 0) is 0 Å². The van der Waals surface area contributed by atoms with Gasteiger partial charge in [-0.2, -0.15) is 14.5 Å². The lowest BCUT2D eigenvalue weighted by Crippen LogP contribution is -2.18. The monoisotopic (exact) mass is 323 g/mol. The van der Waals surface area contributed by atoms with Gasteiger partial charge in [-0.15, -0.1) is 0 Å². The fraction of sp³-hybridized carbons (Fsp3) is 0. The van der Waals surface area contributed by atoms with Crippen LogP contribution in [0.3, 0.4) is 0 Å². The van der Waals surface area contributed by atoms with E-state index in [1.165, 1.54) is 4.52 Å². The van der Waals surface area contributed by atoms with Gasteiger partial charge in [-0.3, -0.25) is 10.1 Å². The lowest BCUT2D eigenvalue weighted by atomic mass is 10.2. The zero-order chi connectivity index (χ0) is 12.7. The summed E-state index contributed by atoms with van der Waals surface area (Å²) in [4.78, 5) is 22.3. The van der Waals surface area contributed by atoms with Crippen LogP contribution in [0.2, 0.25) is 0 Å². The number of hydrogen-bond acceptors (Lipinski definition) is 4. The Balaban J connectivity index is 2.29. The van der Waals surface area contributed by atoms with Crippen molar-refractivity contribution in [3.63, 3.8) is 0 Å². The van der Waals surface area contributed by atoms with Crippen LogP contribution in [-0.4, -0.2) is 24.6 Å². The fourth-order valence-electron chi connectivity index (χ4n) is 1.58. The highest BCUT2D eigenvalue weighted by Crippen LogP contribution is 2.19. The Morgan fingerprint density at radius 2 is 2.17 bits per heavy atom. The standard InChI is InChI=1S/C10H6BrN5OS/c11-6-3-1-2-5(4-6)7-12-8-13-9(18)14-10(17)16(8)15-7/h1-4H,(H2,12,13,14,15,17,18). The van der Waals surface area contributed by atoms with Crippen LogP contribution in [0.1, 0.15) is 0 Å². The van der Waals surface area contributed by atoms with Crippen LogP contribution in [0.15, 0.2) is 33.5 Å². The van der Waals surface area contributed by atoms with Gasteiger partial charge >= 0.3 is 5.69 Å². The molecule has 0 amide bonds. The Labute approximate surface area is 114 Å². The summed E-state index contributed by atoms with van der Waals surface area (Å²) >= 11 is 8.21. The molecule has 0 bridgehead atoms. The molecule has 8 heteroatoms. The summed E-state index contributed by atoms with van der Waals surface area (Å²) in [5.74, 6) is 0.800. The van der Waals surface area contributed by atoms with E-state index in [-0.39, 0.29) is 10.5 Å². The van der Waals surface area contributed by atoms with Crippen LogP contribution in [0.5, 0.6) is 0 Å². The molecule has 0 aliphatic heterocycles. The summed E-state index contributed by atoms with van der Waals surface area (Å²) in [6.07, 6.45) is 0. The summed E-state index contributed by atoms with van der Waals surface area (Å²) in [6.45, 7) is 0. The van der Waals surface area contributed by atoms with Crippen molar-refractivity contribution in [3.05, 3.63) is 44.0 Å². The minimum Gasteiger partial charge on any atom is -0.281 e. The van der Waals surface area contributed by atoms with Gasteiger partial charge in [0.2, 0.25) is 4.77 Å². The molecule has 0 aliphatic rings. The summed E-state index contributed by atoms with van der Waals surface area (Å²) in [6, 6.07) is 7.56. The lowest BCUT2D eigenvalue weighted by Gasteiger charge is -1.95. The van der Waals surface area contributed by atoms with E-state index in [1.54, 1.807) is 0 Å². The Morgan fingerprint density at radius 3 is 2.94 bits per heavy atom. The maximum atomic E-state index is 11.6. The van der Waals surface area contributed by atoms with Crippen molar-refractivity contribution in [3.8, 4) is 11.4 Å². The molecule has 2 aromatic heterocycles. The fourth-order valence-corrected chi connectivity index (χ4v) is 2.15. The number of fused-ring (bicyclic) bond motifs is 1. The third kappa shape index (κ3) is 1.89. The summed E-state index contributed by atoms with van der Waals surface area (Å²) < 4.78 is 2.26. The Kier molecular flexibility index (Phi) is 2.60. The van der Waals surface area contributed by atoms with Gasteiger partial charge in [0.25, 0.3) is 5.78 Å². The molecule has 3 rings (SSSR count). The Hall–Kier alpha value is -1.80. The Bertz CT molecular complexity index is 849. The second-order valence-corrected chi connectivity index (χ2v) is 4.87. The van der Waals surface area contributed by atoms with E-state index in [4.69, 9.17) is 12.2 Å². The maximum absolute atomic E-state index is 11.6.